The highest BCUT2D eigenvalue weighted by Crippen LogP contribution is 2.22. The molecule has 5 rings (SSSR count). The molecule has 54 heavy (non-hydrogen) atoms. The largest absolute Gasteiger partial charge is 0.445 e. The SMILES string of the molecule is CN[C@@H](C)C(=O)N[C@@H](CCc1ccccc1)C(=O)N1CCC[C@H]1CN(CCc1ccccc1)C(=O)[C@@H](Cc1ccccc1)NC(=O)OCc1ccccc1. The van der Waals surface area contributed by atoms with Crippen LogP contribution >= 0.6 is 0 Å². The van der Waals surface area contributed by atoms with Gasteiger partial charge in [0.1, 0.15) is 18.7 Å². The zero-order valence-corrected chi connectivity index (χ0v) is 31.4. The highest BCUT2D eigenvalue weighted by atomic mass is 16.5. The monoisotopic (exact) mass is 731 g/mol. The van der Waals surface area contributed by atoms with Crippen molar-refractivity contribution in [2.75, 3.05) is 26.7 Å². The summed E-state index contributed by atoms with van der Waals surface area (Å²) in [5.74, 6) is -0.639. The summed E-state index contributed by atoms with van der Waals surface area (Å²) in [6.07, 6.45) is 2.75. The van der Waals surface area contributed by atoms with Gasteiger partial charge in [-0.15, -0.1) is 0 Å². The van der Waals surface area contributed by atoms with Crippen molar-refractivity contribution in [2.24, 2.45) is 0 Å². The third-order valence-electron chi connectivity index (χ3n) is 10.0. The Bertz CT molecular complexity index is 1760. The Morgan fingerprint density at radius 3 is 1.89 bits per heavy atom. The average Bonchev–Trinajstić information content (AvgIpc) is 3.68. The summed E-state index contributed by atoms with van der Waals surface area (Å²) in [5, 5.41) is 8.85. The number of rotatable bonds is 18. The van der Waals surface area contributed by atoms with E-state index < -0.39 is 24.2 Å². The number of likely N-dealkylation sites (N-methyl/N-ethyl adjacent to an activating group) is 1. The average molecular weight is 732 g/mol. The summed E-state index contributed by atoms with van der Waals surface area (Å²) in [6, 6.07) is 36.5. The van der Waals surface area contributed by atoms with Gasteiger partial charge in [0.2, 0.25) is 17.7 Å². The number of carbonyl (C=O) groups is 4. The quantitative estimate of drug-likeness (QED) is 0.128. The normalized spacial score (nSPS) is 15.4. The fraction of sp³-hybridized carbons (Fsp3) is 0.364. The molecule has 1 aliphatic rings. The predicted octanol–water partition coefficient (Wildman–Crippen LogP) is 5.31. The van der Waals surface area contributed by atoms with Crippen molar-refractivity contribution in [1.29, 1.82) is 0 Å². The Morgan fingerprint density at radius 1 is 0.741 bits per heavy atom. The molecule has 10 heteroatoms. The molecule has 0 saturated carbocycles. The lowest BCUT2D eigenvalue weighted by Crippen LogP contribution is -2.56. The van der Waals surface area contributed by atoms with Gasteiger partial charge in [-0.2, -0.15) is 0 Å². The number of aryl methyl sites for hydroxylation is 1. The van der Waals surface area contributed by atoms with E-state index in [-0.39, 0.29) is 43.3 Å². The maximum Gasteiger partial charge on any atom is 0.408 e. The Balaban J connectivity index is 1.36. The van der Waals surface area contributed by atoms with E-state index in [1.54, 1.807) is 18.9 Å². The first-order valence-electron chi connectivity index (χ1n) is 19.0. The van der Waals surface area contributed by atoms with E-state index in [1.807, 2.05) is 126 Å². The van der Waals surface area contributed by atoms with E-state index >= 15 is 0 Å². The fourth-order valence-electron chi connectivity index (χ4n) is 6.79. The number of nitrogens with zero attached hydrogens (tertiary/aromatic N) is 2. The van der Waals surface area contributed by atoms with Crippen molar-refractivity contribution in [3.63, 3.8) is 0 Å². The summed E-state index contributed by atoms with van der Waals surface area (Å²) in [7, 11) is 1.71. The van der Waals surface area contributed by atoms with Gasteiger partial charge in [0.05, 0.1) is 6.04 Å². The Morgan fingerprint density at radius 2 is 1.30 bits per heavy atom. The summed E-state index contributed by atoms with van der Waals surface area (Å²) in [5.41, 5.74) is 3.90. The minimum absolute atomic E-state index is 0.0743. The van der Waals surface area contributed by atoms with Crippen LogP contribution in [0.1, 0.15) is 48.4 Å². The maximum absolute atomic E-state index is 14.7. The maximum atomic E-state index is 14.7. The van der Waals surface area contributed by atoms with Crippen LogP contribution in [0, 0.1) is 0 Å². The molecule has 4 aromatic carbocycles. The standard InChI is InChI=1S/C44H53N5O5/c1-33(45-2)41(50)46-39(26-25-34-16-7-3-8-17-34)43(52)49-28-15-24-38(49)31-48(29-27-35-18-9-4-10-19-35)42(51)40(30-36-20-11-5-12-21-36)47-44(53)54-32-37-22-13-6-14-23-37/h3-14,16-23,33,38-40,45H,15,24-32H2,1-2H3,(H,46,50)(H,47,53)/t33-,38-,39-,40+/m0/s1. The Labute approximate surface area is 319 Å². The summed E-state index contributed by atoms with van der Waals surface area (Å²) in [6.45, 7) is 3.04. The smallest absolute Gasteiger partial charge is 0.408 e. The van der Waals surface area contributed by atoms with E-state index in [9.17, 15) is 19.2 Å². The number of benzene rings is 4. The van der Waals surface area contributed by atoms with Gasteiger partial charge in [-0.25, -0.2) is 4.79 Å². The van der Waals surface area contributed by atoms with Crippen LogP contribution in [0.3, 0.4) is 0 Å². The molecule has 4 atom stereocenters. The molecule has 1 heterocycles. The van der Waals surface area contributed by atoms with Crippen LogP contribution < -0.4 is 16.0 Å². The van der Waals surface area contributed by atoms with Crippen molar-refractivity contribution < 1.29 is 23.9 Å². The number of likely N-dealkylation sites (tertiary alicyclic amines) is 1. The minimum atomic E-state index is -0.905. The van der Waals surface area contributed by atoms with Crippen molar-refractivity contribution in [1.82, 2.24) is 25.8 Å². The molecule has 0 radical (unpaired) electrons. The van der Waals surface area contributed by atoms with E-state index in [2.05, 4.69) is 16.0 Å². The molecule has 0 spiro atoms. The van der Waals surface area contributed by atoms with Gasteiger partial charge in [0.25, 0.3) is 0 Å². The molecule has 1 saturated heterocycles. The molecule has 0 unspecified atom stereocenters. The Kier molecular flexibility index (Phi) is 15.2. The van der Waals surface area contributed by atoms with Gasteiger partial charge in [-0.05, 0) is 68.3 Å². The van der Waals surface area contributed by atoms with Crippen LogP contribution in [0.15, 0.2) is 121 Å². The lowest BCUT2D eigenvalue weighted by Gasteiger charge is -2.35. The number of ether oxygens (including phenoxy) is 1. The highest BCUT2D eigenvalue weighted by Gasteiger charge is 2.37. The fourth-order valence-corrected chi connectivity index (χ4v) is 6.79. The third kappa shape index (κ3) is 12.0. The van der Waals surface area contributed by atoms with Gasteiger partial charge < -0.3 is 30.5 Å². The molecule has 0 bridgehead atoms. The third-order valence-corrected chi connectivity index (χ3v) is 10.0. The molecule has 284 valence electrons. The lowest BCUT2D eigenvalue weighted by atomic mass is 10.0. The summed E-state index contributed by atoms with van der Waals surface area (Å²) < 4.78 is 5.56. The van der Waals surface area contributed by atoms with E-state index in [0.29, 0.717) is 38.8 Å². The molecule has 1 fully saturated rings. The van der Waals surface area contributed by atoms with E-state index in [0.717, 1.165) is 28.7 Å². The summed E-state index contributed by atoms with van der Waals surface area (Å²) >= 11 is 0. The first-order chi connectivity index (χ1) is 26.3. The number of carbonyl (C=O) groups excluding carboxylic acids is 4. The van der Waals surface area contributed by atoms with Gasteiger partial charge in [0.15, 0.2) is 0 Å². The zero-order valence-electron chi connectivity index (χ0n) is 31.4. The number of alkyl carbamates (subject to hydrolysis) is 1. The van der Waals surface area contributed by atoms with Crippen LogP contribution in [-0.4, -0.2) is 84.5 Å². The number of hydrogen-bond donors (Lipinski definition) is 3. The van der Waals surface area contributed by atoms with Crippen molar-refractivity contribution in [3.05, 3.63) is 144 Å². The molecule has 4 aromatic rings. The van der Waals surface area contributed by atoms with Gasteiger partial charge in [0, 0.05) is 32.1 Å². The Hall–Kier alpha value is -5.48. The van der Waals surface area contributed by atoms with Crippen LogP contribution in [0.25, 0.3) is 0 Å². The highest BCUT2D eigenvalue weighted by molar-refractivity contribution is 5.90. The molecular weight excluding hydrogens is 679 g/mol. The molecule has 0 aliphatic carbocycles. The van der Waals surface area contributed by atoms with Gasteiger partial charge in [-0.1, -0.05) is 121 Å². The number of amides is 4. The van der Waals surface area contributed by atoms with E-state index in [1.165, 1.54) is 0 Å². The first-order valence-corrected chi connectivity index (χ1v) is 19.0. The van der Waals surface area contributed by atoms with Crippen molar-refractivity contribution in [3.8, 4) is 0 Å². The zero-order chi connectivity index (χ0) is 38.1. The molecule has 4 amide bonds. The van der Waals surface area contributed by atoms with Crippen LogP contribution in [0.5, 0.6) is 0 Å². The predicted molar refractivity (Wildman–Crippen MR) is 210 cm³/mol. The first kappa shape index (κ1) is 39.7. The second-order valence-corrected chi connectivity index (χ2v) is 13.9. The summed E-state index contributed by atoms with van der Waals surface area (Å²) in [4.78, 5) is 59.0. The van der Waals surface area contributed by atoms with E-state index in [4.69, 9.17) is 4.74 Å². The second kappa shape index (κ2) is 20.7. The molecule has 0 aromatic heterocycles. The molecule has 1 aliphatic heterocycles. The molecule has 3 N–H and O–H groups in total. The van der Waals surface area contributed by atoms with Crippen LogP contribution in [0.2, 0.25) is 0 Å². The minimum Gasteiger partial charge on any atom is -0.445 e. The molecular formula is C44H53N5O5. The lowest BCUT2D eigenvalue weighted by molar-refractivity contribution is -0.140. The van der Waals surface area contributed by atoms with Crippen LogP contribution in [-0.2, 0) is 45.0 Å². The van der Waals surface area contributed by atoms with Gasteiger partial charge in [-0.3, -0.25) is 14.4 Å². The second-order valence-electron chi connectivity index (χ2n) is 13.9. The van der Waals surface area contributed by atoms with Crippen LogP contribution in [0.4, 0.5) is 4.79 Å². The van der Waals surface area contributed by atoms with Crippen molar-refractivity contribution in [2.45, 2.75) is 76.2 Å². The number of nitrogens with one attached hydrogen (secondary N) is 3. The topological polar surface area (TPSA) is 120 Å². The van der Waals surface area contributed by atoms with Crippen molar-refractivity contribution >= 4 is 23.8 Å². The van der Waals surface area contributed by atoms with Gasteiger partial charge >= 0.3 is 6.09 Å². The molecule has 10 nitrogen and oxygen atoms in total. The number of hydrogen-bond acceptors (Lipinski definition) is 6.